The molecule has 0 heterocycles. The van der Waals surface area contributed by atoms with Crippen LogP contribution in [0, 0.1) is 5.92 Å². The summed E-state index contributed by atoms with van der Waals surface area (Å²) in [6, 6.07) is 12.7. The van der Waals surface area contributed by atoms with E-state index in [2.05, 4.69) is 26.8 Å². The van der Waals surface area contributed by atoms with Crippen LogP contribution in [0.5, 0.6) is 11.5 Å². The fraction of sp³-hybridized carbons (Fsp3) is 0.263. The van der Waals surface area contributed by atoms with Gasteiger partial charge in [0.15, 0.2) is 11.5 Å². The van der Waals surface area contributed by atoms with Crippen molar-refractivity contribution >= 4 is 27.7 Å². The third-order valence-corrected chi connectivity index (χ3v) is 4.51. The second-order valence-corrected chi connectivity index (χ2v) is 6.91. The molecule has 3 rings (SSSR count). The van der Waals surface area contributed by atoms with Crippen molar-refractivity contribution in [2.45, 2.75) is 19.4 Å². The summed E-state index contributed by atoms with van der Waals surface area (Å²) in [5.74, 6) is 0.452. The van der Waals surface area contributed by atoms with Crippen molar-refractivity contribution in [3.63, 3.8) is 0 Å². The van der Waals surface area contributed by atoms with Gasteiger partial charge in [-0.1, -0.05) is 28.1 Å². The first kappa shape index (κ1) is 18.3. The average molecular weight is 419 g/mol. The van der Waals surface area contributed by atoms with E-state index in [9.17, 15) is 9.59 Å². The molecule has 2 amide bonds. The quantitative estimate of drug-likeness (QED) is 0.706. The molecule has 1 fully saturated rings. The van der Waals surface area contributed by atoms with Gasteiger partial charge in [0.1, 0.15) is 6.61 Å². The smallest absolute Gasteiger partial charge is 0.269 e. The molecule has 0 unspecified atom stereocenters. The van der Waals surface area contributed by atoms with Gasteiger partial charge in [-0.25, -0.2) is 0 Å². The number of ether oxygens (including phenoxy) is 2. The van der Waals surface area contributed by atoms with Gasteiger partial charge in [0.2, 0.25) is 5.91 Å². The standard InChI is InChI=1S/C19H19BrN2O4/c1-25-17-10-14(19(24)22-21-18(23)13-4-5-13)6-9-16(17)26-11-12-2-7-15(20)8-3-12/h2-3,6-10,13H,4-5,11H2,1H3,(H,21,23)(H,22,24). The molecule has 0 spiro atoms. The number of hydrogen-bond donors (Lipinski definition) is 2. The Balaban J connectivity index is 1.61. The van der Waals surface area contributed by atoms with Crippen LogP contribution in [0.4, 0.5) is 0 Å². The van der Waals surface area contributed by atoms with Gasteiger partial charge in [0, 0.05) is 16.0 Å². The van der Waals surface area contributed by atoms with Crippen molar-refractivity contribution in [1.29, 1.82) is 0 Å². The van der Waals surface area contributed by atoms with E-state index in [1.54, 1.807) is 18.2 Å². The molecule has 0 radical (unpaired) electrons. The summed E-state index contributed by atoms with van der Waals surface area (Å²) in [5.41, 5.74) is 6.23. The summed E-state index contributed by atoms with van der Waals surface area (Å²) in [6.07, 6.45) is 1.75. The van der Waals surface area contributed by atoms with Crippen LogP contribution in [0.1, 0.15) is 28.8 Å². The highest BCUT2D eigenvalue weighted by Gasteiger charge is 2.29. The number of nitrogens with one attached hydrogen (secondary N) is 2. The molecule has 2 aromatic rings. The predicted molar refractivity (Wildman–Crippen MR) is 99.8 cm³/mol. The van der Waals surface area contributed by atoms with E-state index < -0.39 is 5.91 Å². The topological polar surface area (TPSA) is 76.7 Å². The number of benzene rings is 2. The third kappa shape index (κ3) is 4.76. The number of methoxy groups -OCH3 is 1. The molecule has 1 saturated carbocycles. The van der Waals surface area contributed by atoms with Gasteiger partial charge in [-0.2, -0.15) is 0 Å². The molecule has 26 heavy (non-hydrogen) atoms. The van der Waals surface area contributed by atoms with Crippen molar-refractivity contribution in [2.24, 2.45) is 5.92 Å². The van der Waals surface area contributed by atoms with Crippen LogP contribution < -0.4 is 20.3 Å². The Hall–Kier alpha value is -2.54. The van der Waals surface area contributed by atoms with Crippen LogP contribution in [-0.4, -0.2) is 18.9 Å². The van der Waals surface area contributed by atoms with Gasteiger partial charge in [0.05, 0.1) is 7.11 Å². The Morgan fingerprint density at radius 1 is 1.08 bits per heavy atom. The fourth-order valence-electron chi connectivity index (χ4n) is 2.31. The molecular weight excluding hydrogens is 400 g/mol. The molecule has 0 atom stereocenters. The summed E-state index contributed by atoms with van der Waals surface area (Å²) in [6.45, 7) is 0.382. The van der Waals surface area contributed by atoms with Crippen molar-refractivity contribution in [2.75, 3.05) is 7.11 Å². The van der Waals surface area contributed by atoms with Gasteiger partial charge in [-0.15, -0.1) is 0 Å². The number of carbonyl (C=O) groups excluding carboxylic acids is 2. The van der Waals surface area contributed by atoms with Gasteiger partial charge < -0.3 is 9.47 Å². The lowest BCUT2D eigenvalue weighted by atomic mass is 10.2. The van der Waals surface area contributed by atoms with E-state index in [0.717, 1.165) is 22.9 Å². The predicted octanol–water partition coefficient (Wildman–Crippen LogP) is 3.21. The van der Waals surface area contributed by atoms with Crippen LogP contribution in [0.15, 0.2) is 46.9 Å². The molecule has 1 aliphatic carbocycles. The zero-order valence-corrected chi connectivity index (χ0v) is 15.8. The maximum absolute atomic E-state index is 12.2. The lowest BCUT2D eigenvalue weighted by molar-refractivity contribution is -0.123. The Morgan fingerprint density at radius 2 is 1.81 bits per heavy atom. The van der Waals surface area contributed by atoms with Crippen LogP contribution in [0.25, 0.3) is 0 Å². The molecule has 136 valence electrons. The SMILES string of the molecule is COc1cc(C(=O)NNC(=O)C2CC2)ccc1OCc1ccc(Br)cc1. The minimum Gasteiger partial charge on any atom is -0.493 e. The fourth-order valence-corrected chi connectivity index (χ4v) is 2.57. The van der Waals surface area contributed by atoms with E-state index in [0.29, 0.717) is 23.7 Å². The summed E-state index contributed by atoms with van der Waals surface area (Å²) in [7, 11) is 1.51. The molecule has 0 aliphatic heterocycles. The molecule has 0 saturated heterocycles. The summed E-state index contributed by atoms with van der Waals surface area (Å²) < 4.78 is 12.1. The maximum atomic E-state index is 12.2. The van der Waals surface area contributed by atoms with Crippen LogP contribution in [0.3, 0.4) is 0 Å². The summed E-state index contributed by atoms with van der Waals surface area (Å²) in [5, 5.41) is 0. The number of hydrazine groups is 1. The highest BCUT2D eigenvalue weighted by atomic mass is 79.9. The van der Waals surface area contributed by atoms with Crippen molar-refractivity contribution in [3.8, 4) is 11.5 Å². The molecule has 1 aliphatic rings. The maximum Gasteiger partial charge on any atom is 0.269 e. The highest BCUT2D eigenvalue weighted by Crippen LogP contribution is 2.29. The van der Waals surface area contributed by atoms with Gasteiger partial charge in [-0.05, 0) is 48.7 Å². The minimum atomic E-state index is -0.406. The van der Waals surface area contributed by atoms with E-state index in [1.165, 1.54) is 7.11 Å². The van der Waals surface area contributed by atoms with Crippen molar-refractivity contribution < 1.29 is 19.1 Å². The van der Waals surface area contributed by atoms with Gasteiger partial charge in [0.25, 0.3) is 5.91 Å². The molecule has 0 aromatic heterocycles. The number of amides is 2. The zero-order chi connectivity index (χ0) is 18.5. The van der Waals surface area contributed by atoms with Crippen LogP contribution >= 0.6 is 15.9 Å². The Morgan fingerprint density at radius 3 is 2.46 bits per heavy atom. The number of halogens is 1. The molecule has 6 nitrogen and oxygen atoms in total. The van der Waals surface area contributed by atoms with Crippen molar-refractivity contribution in [3.05, 3.63) is 58.1 Å². The normalized spacial score (nSPS) is 13.0. The van der Waals surface area contributed by atoms with Crippen molar-refractivity contribution in [1.82, 2.24) is 10.9 Å². The summed E-state index contributed by atoms with van der Waals surface area (Å²) >= 11 is 3.39. The largest absolute Gasteiger partial charge is 0.493 e. The lowest BCUT2D eigenvalue weighted by Crippen LogP contribution is -2.42. The Bertz CT molecular complexity index is 804. The summed E-state index contributed by atoms with van der Waals surface area (Å²) in [4.78, 5) is 23.7. The number of hydrogen-bond acceptors (Lipinski definition) is 4. The molecule has 2 N–H and O–H groups in total. The lowest BCUT2D eigenvalue weighted by Gasteiger charge is -2.13. The Labute approximate surface area is 160 Å². The highest BCUT2D eigenvalue weighted by molar-refractivity contribution is 9.10. The molecule has 0 bridgehead atoms. The first-order valence-corrected chi connectivity index (χ1v) is 9.01. The monoisotopic (exact) mass is 418 g/mol. The molecule has 7 heteroatoms. The Kier molecular flexibility index (Phi) is 5.78. The van der Waals surface area contributed by atoms with Gasteiger partial charge >= 0.3 is 0 Å². The molecule has 2 aromatic carbocycles. The number of carbonyl (C=O) groups is 2. The van der Waals surface area contributed by atoms with E-state index in [4.69, 9.17) is 9.47 Å². The second-order valence-electron chi connectivity index (χ2n) is 6.00. The molecular formula is C19H19BrN2O4. The first-order chi connectivity index (χ1) is 12.6. The third-order valence-electron chi connectivity index (χ3n) is 3.98. The minimum absolute atomic E-state index is 0.0271. The van der Waals surface area contributed by atoms with E-state index in [-0.39, 0.29) is 11.8 Å². The zero-order valence-electron chi connectivity index (χ0n) is 14.3. The van der Waals surface area contributed by atoms with Crippen LogP contribution in [0.2, 0.25) is 0 Å². The number of rotatable bonds is 6. The second kappa shape index (κ2) is 8.23. The van der Waals surface area contributed by atoms with E-state index in [1.807, 2.05) is 24.3 Å². The van der Waals surface area contributed by atoms with Crippen LogP contribution in [-0.2, 0) is 11.4 Å². The average Bonchev–Trinajstić information content (AvgIpc) is 3.50. The van der Waals surface area contributed by atoms with Gasteiger partial charge in [-0.3, -0.25) is 20.4 Å². The first-order valence-electron chi connectivity index (χ1n) is 8.22. The van der Waals surface area contributed by atoms with E-state index >= 15 is 0 Å².